The van der Waals surface area contributed by atoms with Crippen molar-refractivity contribution in [2.45, 2.75) is 71.4 Å². The number of pyridine rings is 1. The molecule has 2 saturated carbocycles. The first kappa shape index (κ1) is 36.0. The Morgan fingerprint density at radius 2 is 1.39 bits per heavy atom. The highest BCUT2D eigenvalue weighted by Gasteiger charge is 2.26. The summed E-state index contributed by atoms with van der Waals surface area (Å²) in [5, 5.41) is 32.8. The fourth-order valence-corrected chi connectivity index (χ4v) is 6.21. The van der Waals surface area contributed by atoms with Crippen LogP contribution in [-0.2, 0) is 0 Å². The van der Waals surface area contributed by atoms with Crippen LogP contribution in [0.15, 0.2) is 67.3 Å². The number of methoxy groups -OCH3 is 2. The van der Waals surface area contributed by atoms with Crippen LogP contribution in [0, 0.1) is 13.8 Å². The third-order valence-corrected chi connectivity index (χ3v) is 9.44. The maximum absolute atomic E-state index is 13.3. The van der Waals surface area contributed by atoms with E-state index in [0.29, 0.717) is 46.6 Å². The maximum atomic E-state index is 13.3. The van der Waals surface area contributed by atoms with E-state index in [1.54, 1.807) is 48.3 Å². The van der Waals surface area contributed by atoms with Gasteiger partial charge in [-0.25, -0.2) is 9.78 Å². The summed E-state index contributed by atoms with van der Waals surface area (Å²) in [6, 6.07) is 13.5. The highest BCUT2D eigenvalue weighted by molar-refractivity contribution is 6.06. The van der Waals surface area contributed by atoms with E-state index in [4.69, 9.17) is 9.47 Å². The van der Waals surface area contributed by atoms with Gasteiger partial charge in [-0.2, -0.15) is 14.9 Å². The fraction of sp³-hybridized carbons (Fsp3) is 0.333. The molecule has 0 bridgehead atoms. The van der Waals surface area contributed by atoms with Gasteiger partial charge in [0.15, 0.2) is 11.6 Å². The van der Waals surface area contributed by atoms with Crippen molar-refractivity contribution >= 4 is 17.7 Å². The molecule has 4 heterocycles. The van der Waals surface area contributed by atoms with E-state index in [2.05, 4.69) is 36.0 Å². The minimum atomic E-state index is -0.988. The maximum Gasteiger partial charge on any atom is 0.339 e. The minimum Gasteiger partial charge on any atom is -0.496 e. The Bertz CT molecular complexity index is 2330. The summed E-state index contributed by atoms with van der Waals surface area (Å²) in [6.45, 7) is 7.95. The first-order valence-corrected chi connectivity index (χ1v) is 17.8. The molecule has 15 heteroatoms. The standard InChI is InChI=1S/C24H26N8O2.C15H16N2O3/c1-14(2)23-28-29-30-32(23)22-7-5-6-21(26-22)27-24(33)19-11-18(15(3)10-20(19)34-4)16-12-25-31(13-16)17-8-9-17;1-9-5-14(20-2)13(15(18)19)6-12(9)10-7-16-17(8-10)11-3-4-11/h5-7,10-14,17H,8-9H2,1-4H3,(H,26,27,33);5-8,11H,3-4H2,1-2H3,(H,18,19). The Morgan fingerprint density at radius 1 is 0.833 bits per heavy atom. The van der Waals surface area contributed by atoms with Gasteiger partial charge in [0.2, 0.25) is 0 Å². The van der Waals surface area contributed by atoms with Gasteiger partial charge in [0.1, 0.15) is 22.9 Å². The van der Waals surface area contributed by atoms with Crippen molar-refractivity contribution in [1.29, 1.82) is 0 Å². The second kappa shape index (κ2) is 14.9. The van der Waals surface area contributed by atoms with E-state index >= 15 is 0 Å². The second-order valence-electron chi connectivity index (χ2n) is 13.9. The van der Waals surface area contributed by atoms with Gasteiger partial charge < -0.3 is 19.9 Å². The third kappa shape index (κ3) is 7.56. The van der Waals surface area contributed by atoms with Crippen molar-refractivity contribution in [3.63, 3.8) is 0 Å². The van der Waals surface area contributed by atoms with Crippen LogP contribution in [0.1, 0.15) is 95.2 Å². The average Bonchev–Trinajstić information content (AvgIpc) is 4.03. The Kier molecular flexibility index (Phi) is 9.95. The van der Waals surface area contributed by atoms with Gasteiger partial charge in [-0.15, -0.1) is 5.10 Å². The summed E-state index contributed by atoms with van der Waals surface area (Å²) < 4.78 is 16.2. The number of hydrogen-bond donors (Lipinski definition) is 2. The minimum absolute atomic E-state index is 0.120. The number of amides is 1. The number of carbonyl (C=O) groups is 2. The lowest BCUT2D eigenvalue weighted by molar-refractivity contribution is 0.0693. The van der Waals surface area contributed by atoms with Crippen molar-refractivity contribution in [2.75, 3.05) is 19.5 Å². The van der Waals surface area contributed by atoms with Gasteiger partial charge >= 0.3 is 5.97 Å². The number of hydrogen-bond acceptors (Lipinski definition) is 10. The molecule has 54 heavy (non-hydrogen) atoms. The number of benzene rings is 2. The average molecular weight is 731 g/mol. The summed E-state index contributed by atoms with van der Waals surface area (Å²) in [5.41, 5.74) is 6.31. The number of rotatable bonds is 11. The lowest BCUT2D eigenvalue weighted by Crippen LogP contribution is -2.16. The molecule has 2 aliphatic carbocycles. The topological polar surface area (TPSA) is 177 Å². The van der Waals surface area contributed by atoms with Crippen LogP contribution >= 0.6 is 0 Å². The smallest absolute Gasteiger partial charge is 0.339 e. The van der Waals surface area contributed by atoms with Crippen LogP contribution < -0.4 is 14.8 Å². The molecule has 0 saturated heterocycles. The molecule has 2 aromatic carbocycles. The van der Waals surface area contributed by atoms with Gasteiger partial charge in [0.25, 0.3) is 5.91 Å². The summed E-state index contributed by atoms with van der Waals surface area (Å²) in [7, 11) is 3.03. The van der Waals surface area contributed by atoms with Gasteiger partial charge in [-0.3, -0.25) is 14.2 Å². The first-order valence-electron chi connectivity index (χ1n) is 17.8. The van der Waals surface area contributed by atoms with E-state index in [1.165, 1.54) is 20.0 Å². The summed E-state index contributed by atoms with van der Waals surface area (Å²) in [6.07, 6.45) is 12.3. The normalized spacial score (nSPS) is 13.7. The molecule has 2 fully saturated rings. The monoisotopic (exact) mass is 730 g/mol. The number of nitrogens with zero attached hydrogens (tertiary/aromatic N) is 9. The SMILES string of the molecule is COc1cc(C)c(-c2cnn(C3CC3)c2)cc1C(=O)Nc1cccc(-n2nnnc2C(C)C)n1.COc1cc(C)c(-c2cnn(C3CC3)c2)cc1C(=O)O. The summed E-state index contributed by atoms with van der Waals surface area (Å²) in [5.74, 6) is 1.28. The lowest BCUT2D eigenvalue weighted by atomic mass is 9.99. The van der Waals surface area contributed by atoms with Gasteiger partial charge in [0.05, 0.1) is 44.3 Å². The molecule has 0 unspecified atom stereocenters. The molecule has 15 nitrogen and oxygen atoms in total. The number of tetrazole rings is 1. The molecule has 2 N–H and O–H groups in total. The van der Waals surface area contributed by atoms with Crippen molar-refractivity contribution in [3.05, 3.63) is 95.3 Å². The summed E-state index contributed by atoms with van der Waals surface area (Å²) in [4.78, 5) is 29.1. The molecule has 8 rings (SSSR count). The highest BCUT2D eigenvalue weighted by atomic mass is 16.5. The Hall–Kier alpha value is -6.38. The van der Waals surface area contributed by atoms with Crippen LogP contribution in [0.25, 0.3) is 28.1 Å². The zero-order chi connectivity index (χ0) is 38.1. The highest BCUT2D eigenvalue weighted by Crippen LogP contribution is 2.38. The van der Waals surface area contributed by atoms with Gasteiger partial charge in [-0.05, 0) is 109 Å². The summed E-state index contributed by atoms with van der Waals surface area (Å²) >= 11 is 0. The van der Waals surface area contributed by atoms with Gasteiger partial charge in [-0.1, -0.05) is 19.9 Å². The number of carbonyl (C=O) groups excluding carboxylic acids is 1. The molecule has 4 aromatic heterocycles. The van der Waals surface area contributed by atoms with Crippen LogP contribution in [-0.4, -0.2) is 76.0 Å². The second-order valence-corrected chi connectivity index (χ2v) is 13.9. The van der Waals surface area contributed by atoms with Crippen molar-refractivity contribution in [1.82, 2.24) is 44.8 Å². The number of aryl methyl sites for hydroxylation is 2. The third-order valence-electron chi connectivity index (χ3n) is 9.44. The fourth-order valence-electron chi connectivity index (χ4n) is 6.21. The van der Waals surface area contributed by atoms with E-state index in [1.807, 2.05) is 67.8 Å². The van der Waals surface area contributed by atoms with Crippen LogP contribution in [0.2, 0.25) is 0 Å². The number of aromatic nitrogens is 9. The first-order chi connectivity index (χ1) is 26.0. The van der Waals surface area contributed by atoms with E-state index in [0.717, 1.165) is 46.2 Å². The van der Waals surface area contributed by atoms with E-state index in [-0.39, 0.29) is 17.4 Å². The molecule has 0 aliphatic heterocycles. The van der Waals surface area contributed by atoms with Crippen LogP contribution in [0.3, 0.4) is 0 Å². The largest absolute Gasteiger partial charge is 0.496 e. The molecule has 1 amide bonds. The lowest BCUT2D eigenvalue weighted by Gasteiger charge is -2.13. The predicted octanol–water partition coefficient (Wildman–Crippen LogP) is 6.85. The molecule has 0 spiro atoms. The molecule has 0 atom stereocenters. The molecule has 278 valence electrons. The number of carboxylic acid groups (broad SMARTS) is 1. The molecule has 2 aliphatic rings. The molecular weight excluding hydrogens is 688 g/mol. The predicted molar refractivity (Wildman–Crippen MR) is 200 cm³/mol. The number of carboxylic acids is 1. The Balaban J connectivity index is 0.000000191. The van der Waals surface area contributed by atoms with E-state index in [9.17, 15) is 14.7 Å². The number of nitrogens with one attached hydrogen (secondary N) is 1. The number of anilines is 1. The van der Waals surface area contributed by atoms with Crippen molar-refractivity contribution < 1.29 is 24.2 Å². The quantitative estimate of drug-likeness (QED) is 0.143. The van der Waals surface area contributed by atoms with E-state index < -0.39 is 5.97 Å². The Labute approximate surface area is 311 Å². The number of aromatic carboxylic acids is 1. The van der Waals surface area contributed by atoms with Crippen molar-refractivity contribution in [3.8, 4) is 39.6 Å². The van der Waals surface area contributed by atoms with Crippen LogP contribution in [0.4, 0.5) is 5.82 Å². The molecule has 6 aromatic rings. The number of ether oxygens (including phenoxy) is 2. The molecular formula is C39H42N10O5. The van der Waals surface area contributed by atoms with Gasteiger partial charge in [0, 0.05) is 29.4 Å². The Morgan fingerprint density at radius 3 is 1.91 bits per heavy atom. The molecule has 0 radical (unpaired) electrons. The zero-order valence-electron chi connectivity index (χ0n) is 31.0. The zero-order valence-corrected chi connectivity index (χ0v) is 31.0. The van der Waals surface area contributed by atoms with Crippen LogP contribution in [0.5, 0.6) is 11.5 Å². The van der Waals surface area contributed by atoms with Crippen molar-refractivity contribution in [2.24, 2.45) is 0 Å².